The minimum absolute atomic E-state index is 0.0186. The number of aromatic nitrogens is 4. The molecule has 5 aromatic rings. The first-order chi connectivity index (χ1) is 16.8. The molecule has 3 heterocycles. The van der Waals surface area contributed by atoms with Crippen LogP contribution in [0.15, 0.2) is 77.8 Å². The summed E-state index contributed by atoms with van der Waals surface area (Å²) >= 11 is 0. The van der Waals surface area contributed by atoms with Crippen molar-refractivity contribution in [3.05, 3.63) is 78.5 Å². The second kappa shape index (κ2) is 8.80. The van der Waals surface area contributed by atoms with Gasteiger partial charge in [-0.05, 0) is 42.5 Å². The van der Waals surface area contributed by atoms with E-state index < -0.39 is 9.84 Å². The number of nitrogens with one attached hydrogen (secondary N) is 1. The molecular weight excluding hydrogens is 468 g/mol. The van der Waals surface area contributed by atoms with E-state index in [1.165, 1.54) is 28.8 Å². The van der Waals surface area contributed by atoms with E-state index in [0.717, 1.165) is 0 Å². The van der Waals surface area contributed by atoms with Crippen LogP contribution in [0.4, 0.5) is 0 Å². The molecule has 2 aromatic carbocycles. The highest BCUT2D eigenvalue weighted by atomic mass is 32.2. The van der Waals surface area contributed by atoms with Gasteiger partial charge in [0, 0.05) is 30.0 Å². The zero-order valence-corrected chi connectivity index (χ0v) is 19.5. The Balaban J connectivity index is 1.56. The van der Waals surface area contributed by atoms with Gasteiger partial charge in [0.2, 0.25) is 0 Å². The van der Waals surface area contributed by atoms with Crippen LogP contribution in [-0.2, 0) is 16.4 Å². The topological polar surface area (TPSA) is 130 Å². The van der Waals surface area contributed by atoms with Gasteiger partial charge in [0.1, 0.15) is 17.2 Å². The van der Waals surface area contributed by atoms with Crippen molar-refractivity contribution in [3.63, 3.8) is 0 Å². The number of rotatable bonds is 7. The Hall–Kier alpha value is -4.31. The number of benzene rings is 2. The molecule has 0 spiro atoms. The first-order valence-corrected chi connectivity index (χ1v) is 12.5. The van der Waals surface area contributed by atoms with E-state index in [1.54, 1.807) is 37.4 Å². The molecule has 0 saturated carbocycles. The van der Waals surface area contributed by atoms with Gasteiger partial charge >= 0.3 is 0 Å². The highest BCUT2D eigenvalue weighted by molar-refractivity contribution is 7.91. The van der Waals surface area contributed by atoms with Crippen molar-refractivity contribution in [2.45, 2.75) is 18.4 Å². The predicted molar refractivity (Wildman–Crippen MR) is 130 cm³/mol. The van der Waals surface area contributed by atoms with Crippen LogP contribution in [0.3, 0.4) is 0 Å². The second-order valence-corrected chi connectivity index (χ2v) is 10.2. The van der Waals surface area contributed by atoms with Crippen LogP contribution in [0.2, 0.25) is 0 Å². The van der Waals surface area contributed by atoms with Crippen molar-refractivity contribution >= 4 is 20.9 Å². The lowest BCUT2D eigenvalue weighted by molar-refractivity contribution is 0.377. The Morgan fingerprint density at radius 1 is 0.971 bits per heavy atom. The van der Waals surface area contributed by atoms with Crippen molar-refractivity contribution in [1.82, 2.24) is 19.5 Å². The first kappa shape index (κ1) is 22.5. The lowest BCUT2D eigenvalue weighted by atomic mass is 10.1. The van der Waals surface area contributed by atoms with Crippen molar-refractivity contribution in [3.8, 4) is 34.8 Å². The van der Waals surface area contributed by atoms with Gasteiger partial charge in [-0.25, -0.2) is 13.4 Å². The minimum atomic E-state index is -3.31. The van der Waals surface area contributed by atoms with Gasteiger partial charge in [0.05, 0.1) is 28.2 Å². The third-order valence-corrected chi connectivity index (χ3v) is 7.36. The number of ether oxygens (including phenoxy) is 1. The molecule has 0 atom stereocenters. The molecule has 35 heavy (non-hydrogen) atoms. The summed E-state index contributed by atoms with van der Waals surface area (Å²) in [6.07, 6.45) is 1.68. The standard InChI is InChI=1S/C25H22N4O5S/c1-2-35(32,33)19-8-6-17(7-9-19)34-18-13-16(15-29-22(30)10-11-23(29)31)24-21(14-18)27-25(28-24)20-5-3-4-12-26-20/h3-14,30-31H,2,15H2,1H3,(H,27,28). The lowest BCUT2D eigenvalue weighted by Crippen LogP contribution is -2.03. The Morgan fingerprint density at radius 2 is 1.71 bits per heavy atom. The van der Waals surface area contributed by atoms with Crippen LogP contribution in [0.25, 0.3) is 22.6 Å². The Morgan fingerprint density at radius 3 is 2.37 bits per heavy atom. The van der Waals surface area contributed by atoms with Gasteiger partial charge in [0.25, 0.3) is 0 Å². The van der Waals surface area contributed by atoms with Crippen LogP contribution < -0.4 is 4.74 Å². The molecule has 10 heteroatoms. The molecule has 5 rings (SSSR count). The monoisotopic (exact) mass is 490 g/mol. The van der Waals surface area contributed by atoms with Gasteiger partial charge in [-0.15, -0.1) is 0 Å². The van der Waals surface area contributed by atoms with Crippen LogP contribution in [-0.4, -0.2) is 43.9 Å². The van der Waals surface area contributed by atoms with Crippen LogP contribution in [0.5, 0.6) is 23.3 Å². The molecule has 0 amide bonds. The minimum Gasteiger partial charge on any atom is -0.494 e. The molecular formula is C25H22N4O5S. The summed E-state index contributed by atoms with van der Waals surface area (Å²) in [7, 11) is -3.31. The Kier molecular flexibility index (Phi) is 5.65. The van der Waals surface area contributed by atoms with E-state index in [2.05, 4.69) is 9.97 Å². The summed E-state index contributed by atoms with van der Waals surface area (Å²) in [6.45, 7) is 1.74. The number of fused-ring (bicyclic) bond motifs is 1. The van der Waals surface area contributed by atoms with Gasteiger partial charge in [-0.1, -0.05) is 13.0 Å². The molecule has 0 saturated heterocycles. The number of aromatic amines is 1. The largest absolute Gasteiger partial charge is 0.494 e. The zero-order chi connectivity index (χ0) is 24.6. The normalized spacial score (nSPS) is 11.7. The molecule has 0 bridgehead atoms. The zero-order valence-electron chi connectivity index (χ0n) is 18.7. The fraction of sp³-hybridized carbons (Fsp3) is 0.120. The van der Waals surface area contributed by atoms with E-state index in [9.17, 15) is 18.6 Å². The molecule has 0 radical (unpaired) electrons. The summed E-state index contributed by atoms with van der Waals surface area (Å²) in [5.74, 6) is 1.34. The summed E-state index contributed by atoms with van der Waals surface area (Å²) in [5.41, 5.74) is 2.66. The maximum absolute atomic E-state index is 12.1. The van der Waals surface area contributed by atoms with E-state index in [4.69, 9.17) is 9.72 Å². The second-order valence-electron chi connectivity index (χ2n) is 7.89. The summed E-state index contributed by atoms with van der Waals surface area (Å²) in [6, 6.07) is 18.1. The van der Waals surface area contributed by atoms with E-state index >= 15 is 0 Å². The average molecular weight is 491 g/mol. The number of hydrogen-bond donors (Lipinski definition) is 3. The fourth-order valence-electron chi connectivity index (χ4n) is 3.76. The van der Waals surface area contributed by atoms with Crippen molar-refractivity contribution in [2.75, 3.05) is 5.75 Å². The van der Waals surface area contributed by atoms with Crippen LogP contribution in [0, 0.1) is 0 Å². The van der Waals surface area contributed by atoms with Crippen molar-refractivity contribution in [2.24, 2.45) is 0 Å². The quantitative estimate of drug-likeness (QED) is 0.307. The molecule has 0 fully saturated rings. The smallest absolute Gasteiger partial charge is 0.194 e. The molecule has 3 N–H and O–H groups in total. The summed E-state index contributed by atoms with van der Waals surface area (Å²) in [5, 5.41) is 20.3. The number of aromatic hydroxyl groups is 2. The molecule has 3 aromatic heterocycles. The van der Waals surface area contributed by atoms with E-state index in [-0.39, 0.29) is 29.0 Å². The van der Waals surface area contributed by atoms with Gasteiger partial charge < -0.3 is 19.9 Å². The maximum atomic E-state index is 12.1. The number of imidazole rings is 1. The highest BCUT2D eigenvalue weighted by Crippen LogP contribution is 2.32. The molecule has 178 valence electrons. The van der Waals surface area contributed by atoms with Crippen molar-refractivity contribution in [1.29, 1.82) is 0 Å². The Labute approximate surface area is 201 Å². The predicted octanol–water partition coefficient (Wildman–Crippen LogP) is 4.47. The SMILES string of the molecule is CCS(=O)(=O)c1ccc(Oc2cc(Cn3c(O)ccc3O)c3nc(-c4ccccn4)[nH]c3c2)cc1. The number of hydrogen-bond acceptors (Lipinski definition) is 7. The maximum Gasteiger partial charge on any atom is 0.194 e. The molecule has 0 unspecified atom stereocenters. The summed E-state index contributed by atoms with van der Waals surface area (Å²) in [4.78, 5) is 12.5. The third-order valence-electron chi connectivity index (χ3n) is 5.61. The van der Waals surface area contributed by atoms with Gasteiger partial charge in [0.15, 0.2) is 27.4 Å². The van der Waals surface area contributed by atoms with E-state index in [1.807, 2.05) is 18.2 Å². The number of sulfone groups is 1. The molecule has 0 aliphatic heterocycles. The lowest BCUT2D eigenvalue weighted by Gasteiger charge is -2.11. The first-order valence-electron chi connectivity index (χ1n) is 10.9. The summed E-state index contributed by atoms with van der Waals surface area (Å²) < 4.78 is 31.6. The highest BCUT2D eigenvalue weighted by Gasteiger charge is 2.16. The van der Waals surface area contributed by atoms with Crippen LogP contribution >= 0.6 is 0 Å². The fourth-order valence-corrected chi connectivity index (χ4v) is 4.64. The Bertz CT molecular complexity index is 1590. The number of H-pyrrole nitrogens is 1. The number of pyridine rings is 1. The van der Waals surface area contributed by atoms with E-state index in [0.29, 0.717) is 39.6 Å². The van der Waals surface area contributed by atoms with Crippen molar-refractivity contribution < 1.29 is 23.4 Å². The van der Waals surface area contributed by atoms with Crippen LogP contribution in [0.1, 0.15) is 12.5 Å². The number of nitrogens with zero attached hydrogens (tertiary/aromatic N) is 3. The third kappa shape index (κ3) is 4.43. The molecule has 0 aliphatic carbocycles. The molecule has 0 aliphatic rings. The average Bonchev–Trinajstić information content (AvgIpc) is 3.44. The van der Waals surface area contributed by atoms with Gasteiger partial charge in [-0.2, -0.15) is 0 Å². The molecule has 9 nitrogen and oxygen atoms in total. The van der Waals surface area contributed by atoms with Gasteiger partial charge in [-0.3, -0.25) is 9.55 Å².